The van der Waals surface area contributed by atoms with Gasteiger partial charge < -0.3 is 4.90 Å². The molecule has 2 aromatic rings. The van der Waals surface area contributed by atoms with Gasteiger partial charge in [-0.1, -0.05) is 6.07 Å². The van der Waals surface area contributed by atoms with Crippen molar-refractivity contribution in [3.05, 3.63) is 46.8 Å². The van der Waals surface area contributed by atoms with Gasteiger partial charge in [0.15, 0.2) is 0 Å². The molecule has 2 aromatic heterocycles. The maximum absolute atomic E-state index is 4.55. The van der Waals surface area contributed by atoms with Crippen LogP contribution in [0.4, 0.5) is 5.82 Å². The number of hydrogen-bond acceptors (Lipinski definition) is 4. The monoisotopic (exact) mass is 313 g/mol. The molecule has 0 saturated carbocycles. The third kappa shape index (κ3) is 2.90. The highest BCUT2D eigenvalue weighted by molar-refractivity contribution is 7.07. The molecule has 1 spiro atoms. The van der Waals surface area contributed by atoms with Crippen molar-refractivity contribution in [1.82, 2.24) is 9.88 Å². The summed E-state index contributed by atoms with van der Waals surface area (Å²) in [6.07, 6.45) is 5.91. The Hall–Kier alpha value is -1.39. The molecule has 22 heavy (non-hydrogen) atoms. The van der Waals surface area contributed by atoms with Crippen molar-refractivity contribution in [2.24, 2.45) is 5.41 Å². The number of anilines is 1. The molecule has 3 nitrogen and oxygen atoms in total. The third-order valence-corrected chi connectivity index (χ3v) is 5.87. The first-order chi connectivity index (χ1) is 10.8. The average molecular weight is 313 g/mol. The quantitative estimate of drug-likeness (QED) is 0.862. The van der Waals surface area contributed by atoms with E-state index < -0.39 is 0 Å². The molecule has 0 N–H and O–H groups in total. The molecule has 2 saturated heterocycles. The Morgan fingerprint density at radius 3 is 2.95 bits per heavy atom. The lowest BCUT2D eigenvalue weighted by atomic mass is 9.79. The topological polar surface area (TPSA) is 19.4 Å². The first-order valence-electron chi connectivity index (χ1n) is 8.23. The Labute approximate surface area is 136 Å². The minimum absolute atomic E-state index is 0.478. The van der Waals surface area contributed by atoms with E-state index in [-0.39, 0.29) is 0 Å². The van der Waals surface area contributed by atoms with E-state index in [0.717, 1.165) is 18.9 Å². The summed E-state index contributed by atoms with van der Waals surface area (Å²) in [5, 5.41) is 4.47. The van der Waals surface area contributed by atoms with Gasteiger partial charge in [-0.25, -0.2) is 4.98 Å². The summed E-state index contributed by atoms with van der Waals surface area (Å²) in [5.41, 5.74) is 1.95. The highest BCUT2D eigenvalue weighted by Gasteiger charge is 2.41. The minimum atomic E-state index is 0.478. The summed E-state index contributed by atoms with van der Waals surface area (Å²) in [7, 11) is 0. The van der Waals surface area contributed by atoms with E-state index in [4.69, 9.17) is 0 Å². The van der Waals surface area contributed by atoms with Gasteiger partial charge in [0.2, 0.25) is 0 Å². The highest BCUT2D eigenvalue weighted by Crippen LogP contribution is 2.40. The van der Waals surface area contributed by atoms with E-state index in [1.165, 1.54) is 44.5 Å². The molecule has 4 heteroatoms. The molecule has 1 atom stereocenters. The molecule has 0 aliphatic carbocycles. The predicted molar refractivity (Wildman–Crippen MR) is 92.3 cm³/mol. The van der Waals surface area contributed by atoms with Gasteiger partial charge in [0.1, 0.15) is 5.82 Å². The summed E-state index contributed by atoms with van der Waals surface area (Å²) in [6.45, 7) is 5.93. The predicted octanol–water partition coefficient (Wildman–Crippen LogP) is 3.64. The SMILES string of the molecule is c1ccc(N2CCCC3(CCN(Cc4ccsc4)C3)C2)nc1. The fourth-order valence-electron chi connectivity index (χ4n) is 4.08. The van der Waals surface area contributed by atoms with E-state index in [2.05, 4.69) is 43.7 Å². The lowest BCUT2D eigenvalue weighted by Gasteiger charge is -2.41. The molecule has 0 amide bonds. The number of likely N-dealkylation sites (tertiary alicyclic amines) is 1. The van der Waals surface area contributed by atoms with Gasteiger partial charge in [-0.3, -0.25) is 4.90 Å². The Kier molecular flexibility index (Phi) is 3.89. The number of thiophene rings is 1. The molecule has 4 heterocycles. The Bertz CT molecular complexity index is 598. The van der Waals surface area contributed by atoms with Crippen LogP contribution >= 0.6 is 11.3 Å². The second kappa shape index (κ2) is 6.01. The standard InChI is InChI=1S/C18H23N3S/c1-2-8-19-17(4-1)21-9-3-6-18(15-21)7-10-20(14-18)12-16-5-11-22-13-16/h1-2,4-5,8,11,13H,3,6-7,9-10,12,14-15H2. The van der Waals surface area contributed by atoms with Gasteiger partial charge in [0.25, 0.3) is 0 Å². The van der Waals surface area contributed by atoms with Gasteiger partial charge in [-0.2, -0.15) is 11.3 Å². The van der Waals surface area contributed by atoms with Crippen LogP contribution in [0.3, 0.4) is 0 Å². The van der Waals surface area contributed by atoms with Crippen molar-refractivity contribution in [1.29, 1.82) is 0 Å². The lowest BCUT2D eigenvalue weighted by molar-refractivity contribution is 0.216. The van der Waals surface area contributed by atoms with Crippen LogP contribution in [0.5, 0.6) is 0 Å². The summed E-state index contributed by atoms with van der Waals surface area (Å²) >= 11 is 1.80. The zero-order valence-corrected chi connectivity index (χ0v) is 13.8. The lowest BCUT2D eigenvalue weighted by Crippen LogP contribution is -2.45. The van der Waals surface area contributed by atoms with Gasteiger partial charge in [0, 0.05) is 37.8 Å². The Morgan fingerprint density at radius 1 is 1.14 bits per heavy atom. The largest absolute Gasteiger partial charge is 0.356 e. The number of aromatic nitrogens is 1. The highest BCUT2D eigenvalue weighted by atomic mass is 32.1. The molecular weight excluding hydrogens is 290 g/mol. The van der Waals surface area contributed by atoms with Crippen molar-refractivity contribution >= 4 is 17.2 Å². The molecule has 2 aliphatic heterocycles. The van der Waals surface area contributed by atoms with Crippen molar-refractivity contribution in [3.63, 3.8) is 0 Å². The second-order valence-electron chi connectivity index (χ2n) is 6.81. The zero-order chi connectivity index (χ0) is 14.8. The zero-order valence-electron chi connectivity index (χ0n) is 12.9. The van der Waals surface area contributed by atoms with E-state index >= 15 is 0 Å². The third-order valence-electron chi connectivity index (χ3n) is 5.14. The number of pyridine rings is 1. The van der Waals surface area contributed by atoms with Crippen molar-refractivity contribution in [2.45, 2.75) is 25.8 Å². The van der Waals surface area contributed by atoms with E-state index in [0.29, 0.717) is 5.41 Å². The van der Waals surface area contributed by atoms with Crippen LogP contribution in [0, 0.1) is 5.41 Å². The number of piperidine rings is 1. The van der Waals surface area contributed by atoms with E-state index in [1.807, 2.05) is 12.3 Å². The molecule has 2 fully saturated rings. The molecule has 0 bridgehead atoms. The Balaban J connectivity index is 1.43. The van der Waals surface area contributed by atoms with Crippen LogP contribution in [0.1, 0.15) is 24.8 Å². The van der Waals surface area contributed by atoms with Gasteiger partial charge in [-0.15, -0.1) is 0 Å². The summed E-state index contributed by atoms with van der Waals surface area (Å²) in [6, 6.07) is 8.51. The van der Waals surface area contributed by atoms with Crippen LogP contribution in [0.25, 0.3) is 0 Å². The summed E-state index contributed by atoms with van der Waals surface area (Å²) in [5.74, 6) is 1.15. The van der Waals surface area contributed by atoms with Gasteiger partial charge >= 0.3 is 0 Å². The van der Waals surface area contributed by atoms with E-state index in [9.17, 15) is 0 Å². The smallest absolute Gasteiger partial charge is 0.128 e. The van der Waals surface area contributed by atoms with Crippen LogP contribution in [-0.4, -0.2) is 36.1 Å². The van der Waals surface area contributed by atoms with Crippen LogP contribution in [-0.2, 0) is 6.54 Å². The molecule has 116 valence electrons. The number of rotatable bonds is 3. The van der Waals surface area contributed by atoms with Crippen molar-refractivity contribution < 1.29 is 0 Å². The fourth-order valence-corrected chi connectivity index (χ4v) is 4.74. The first kappa shape index (κ1) is 14.2. The average Bonchev–Trinajstić information content (AvgIpc) is 3.20. The van der Waals surface area contributed by atoms with Crippen LogP contribution in [0.15, 0.2) is 41.2 Å². The first-order valence-corrected chi connectivity index (χ1v) is 9.17. The van der Waals surface area contributed by atoms with Gasteiger partial charge in [0.05, 0.1) is 0 Å². The molecule has 0 radical (unpaired) electrons. The molecular formula is C18H23N3S. The maximum Gasteiger partial charge on any atom is 0.128 e. The van der Waals surface area contributed by atoms with Crippen molar-refractivity contribution in [2.75, 3.05) is 31.1 Å². The molecule has 1 unspecified atom stereocenters. The van der Waals surface area contributed by atoms with E-state index in [1.54, 1.807) is 11.3 Å². The maximum atomic E-state index is 4.55. The van der Waals surface area contributed by atoms with Crippen molar-refractivity contribution in [3.8, 4) is 0 Å². The number of nitrogens with zero attached hydrogens (tertiary/aromatic N) is 3. The van der Waals surface area contributed by atoms with Gasteiger partial charge in [-0.05, 0) is 60.3 Å². The molecule has 0 aromatic carbocycles. The fraction of sp³-hybridized carbons (Fsp3) is 0.500. The Morgan fingerprint density at radius 2 is 2.14 bits per heavy atom. The van der Waals surface area contributed by atoms with Crippen LogP contribution < -0.4 is 4.90 Å². The normalized spacial score (nSPS) is 25.9. The molecule has 2 aliphatic rings. The summed E-state index contributed by atoms with van der Waals surface area (Å²) in [4.78, 5) is 9.69. The summed E-state index contributed by atoms with van der Waals surface area (Å²) < 4.78 is 0. The second-order valence-corrected chi connectivity index (χ2v) is 7.59. The molecule has 4 rings (SSSR count). The van der Waals surface area contributed by atoms with Crippen LogP contribution in [0.2, 0.25) is 0 Å². The number of hydrogen-bond donors (Lipinski definition) is 0. The minimum Gasteiger partial charge on any atom is -0.356 e.